The van der Waals surface area contributed by atoms with Gasteiger partial charge in [-0.1, -0.05) is 135 Å². The van der Waals surface area contributed by atoms with Crippen molar-refractivity contribution in [1.82, 2.24) is 0 Å². The van der Waals surface area contributed by atoms with Crippen molar-refractivity contribution in [2.45, 2.75) is 156 Å². The lowest BCUT2D eigenvalue weighted by Crippen LogP contribution is -2.48. The minimum atomic E-state index is -1.79. The average Bonchev–Trinajstić information content (AvgIpc) is 3.75. The Morgan fingerprint density at radius 1 is 0.346 bits per heavy atom. The molecule has 0 bridgehead atoms. The van der Waals surface area contributed by atoms with E-state index in [4.69, 9.17) is 0 Å². The summed E-state index contributed by atoms with van der Waals surface area (Å²) in [6.45, 7) is 50.5. The molecule has 0 saturated carbocycles. The van der Waals surface area contributed by atoms with Gasteiger partial charge in [-0.15, -0.1) is 45.3 Å². The van der Waals surface area contributed by atoms with Crippen LogP contribution in [0, 0.1) is 20.9 Å². The van der Waals surface area contributed by atoms with Crippen molar-refractivity contribution in [3.05, 3.63) is 63.3 Å². The third-order valence-corrected chi connectivity index (χ3v) is 46.5. The molecule has 0 aromatic carbocycles. The summed E-state index contributed by atoms with van der Waals surface area (Å²) in [4.78, 5) is 0. The standard InChI is InChI=1S/C44H66S4Si4/c1-41(2,3)49(13,14)35-23-27-31-25-37(51(17,18)43(7,8)9)47-39(31)30-22-34-28(24-36(46-34)50(15,16)42(4,5)6)32-26-38(52(19,20)44(10,11)12)48-40(32)29(30)21-33(27)45-35/h21-26H,1-20H3. The van der Waals surface area contributed by atoms with E-state index in [1.165, 1.54) is 50.2 Å². The molecule has 282 valence electrons. The van der Waals surface area contributed by atoms with Crippen LogP contribution in [-0.4, -0.2) is 32.3 Å². The second-order valence-electron chi connectivity index (χ2n) is 22.1. The Kier molecular flexibility index (Phi) is 9.67. The molecule has 4 heterocycles. The molecule has 0 unspecified atom stereocenters. The van der Waals surface area contributed by atoms with Crippen molar-refractivity contribution in [2.24, 2.45) is 0 Å². The second kappa shape index (κ2) is 12.3. The molecule has 6 rings (SSSR count). The van der Waals surface area contributed by atoms with Crippen molar-refractivity contribution >= 4 is 119 Å². The quantitative estimate of drug-likeness (QED) is 0.180. The van der Waals surface area contributed by atoms with Gasteiger partial charge >= 0.3 is 0 Å². The van der Waals surface area contributed by atoms with Crippen LogP contribution in [0.5, 0.6) is 0 Å². The highest BCUT2D eigenvalue weighted by molar-refractivity contribution is 7.28. The highest BCUT2D eigenvalue weighted by atomic mass is 32.1. The summed E-state index contributed by atoms with van der Waals surface area (Å²) in [6, 6.07) is 10.7. The van der Waals surface area contributed by atoms with E-state index in [-0.39, 0.29) is 20.2 Å². The first kappa shape index (κ1) is 40.8. The topological polar surface area (TPSA) is 0 Å². The van der Waals surface area contributed by atoms with Crippen LogP contribution in [0.15, 0.2) is 24.3 Å². The molecule has 0 spiro atoms. The third-order valence-electron chi connectivity index (χ3n) is 14.9. The molecular weight excluding hydrogens is 769 g/mol. The van der Waals surface area contributed by atoms with Crippen molar-refractivity contribution in [3.63, 3.8) is 0 Å². The van der Waals surface area contributed by atoms with Crippen LogP contribution in [0.1, 0.15) is 83.1 Å². The fourth-order valence-corrected chi connectivity index (χ4v) is 24.2. The maximum absolute atomic E-state index is 2.67. The molecule has 0 N–H and O–H groups in total. The highest BCUT2D eigenvalue weighted by Gasteiger charge is 2.42. The van der Waals surface area contributed by atoms with Gasteiger partial charge in [0.1, 0.15) is 0 Å². The van der Waals surface area contributed by atoms with Gasteiger partial charge in [-0.25, -0.2) is 0 Å². The van der Waals surface area contributed by atoms with Crippen molar-refractivity contribution in [2.75, 3.05) is 0 Å². The summed E-state index contributed by atoms with van der Waals surface area (Å²) in [6.07, 6.45) is 5.30. The van der Waals surface area contributed by atoms with Gasteiger partial charge in [-0.3, -0.25) is 0 Å². The molecule has 8 heteroatoms. The molecule has 52 heavy (non-hydrogen) atoms. The van der Waals surface area contributed by atoms with Gasteiger partial charge in [0, 0.05) is 50.2 Å². The first-order valence-electron chi connectivity index (χ1n) is 19.3. The summed E-state index contributed by atoms with van der Waals surface area (Å²) in [5, 5.41) is 7.07. The number of rotatable bonds is 4. The maximum atomic E-state index is 2.67. The van der Waals surface area contributed by atoms with Crippen LogP contribution in [0.3, 0.4) is 0 Å². The number of fused-ring (bicyclic) bond motifs is 5. The number of hydrogen-bond donors (Lipinski definition) is 0. The second-order valence-corrected chi connectivity index (χ2v) is 49.0. The summed E-state index contributed by atoms with van der Waals surface area (Å²) >= 11 is 8.51. The molecule has 4 aromatic rings. The SMILES string of the molecule is CC(C)(C)[Si](C)(C)c1cc2c(s1)=CC1=c3sc([Si](C)(C)C(C)(C)C)cc3=c3cc([Si](C)(C)C(C)(C)C)sc3=CC1=c1sc([Si](C)(C)C(C)(C)C)cc1=2. The first-order chi connectivity index (χ1) is 23.3. The Balaban J connectivity index is 1.92. The van der Waals surface area contributed by atoms with E-state index in [9.17, 15) is 0 Å². The summed E-state index contributed by atoms with van der Waals surface area (Å²) in [5.41, 5.74) is 2.93. The molecule has 4 aromatic heterocycles. The van der Waals surface area contributed by atoms with Crippen LogP contribution in [0.25, 0.3) is 23.3 Å². The lowest BCUT2D eigenvalue weighted by Gasteiger charge is -2.36. The number of thiophene rings is 4. The Bertz CT molecular complexity index is 2370. The smallest absolute Gasteiger partial charge is 0.0987 e. The fourth-order valence-electron chi connectivity index (χ4n) is 6.53. The molecule has 0 aliphatic heterocycles. The van der Waals surface area contributed by atoms with E-state index in [0.29, 0.717) is 0 Å². The largest absolute Gasteiger partial charge is 0.145 e. The van der Waals surface area contributed by atoms with E-state index in [1.807, 2.05) is 0 Å². The molecular formula is C44H66S4Si4. The molecule has 0 atom stereocenters. The summed E-state index contributed by atoms with van der Waals surface area (Å²) in [5.74, 6) is 0. The van der Waals surface area contributed by atoms with E-state index in [2.05, 4.69) is 217 Å². The van der Waals surface area contributed by atoms with Gasteiger partial charge in [0.05, 0.1) is 32.3 Å². The minimum absolute atomic E-state index is 0.273. The zero-order valence-electron chi connectivity index (χ0n) is 36.1. The average molecular weight is 836 g/mol. The van der Waals surface area contributed by atoms with Crippen molar-refractivity contribution in [3.8, 4) is 0 Å². The van der Waals surface area contributed by atoms with E-state index >= 15 is 0 Å². The molecule has 2 aliphatic carbocycles. The predicted octanol–water partition coefficient (Wildman–Crippen LogP) is 9.96. The van der Waals surface area contributed by atoms with Gasteiger partial charge in [0.2, 0.25) is 0 Å². The normalized spacial score (nSPS) is 15.9. The number of hydrogen-bond acceptors (Lipinski definition) is 4. The van der Waals surface area contributed by atoms with Crippen LogP contribution < -0.4 is 36.1 Å². The van der Waals surface area contributed by atoms with Gasteiger partial charge in [0.25, 0.3) is 0 Å². The zero-order chi connectivity index (χ0) is 39.2. The highest BCUT2D eigenvalue weighted by Crippen LogP contribution is 2.40. The first-order valence-corrected chi connectivity index (χ1v) is 34.6. The van der Waals surface area contributed by atoms with Gasteiger partial charge in [-0.2, -0.15) is 0 Å². The maximum Gasteiger partial charge on any atom is 0.0987 e. The van der Waals surface area contributed by atoms with Crippen molar-refractivity contribution < 1.29 is 0 Å². The Morgan fingerprint density at radius 2 is 0.577 bits per heavy atom. The van der Waals surface area contributed by atoms with E-state index in [1.54, 1.807) is 18.0 Å². The zero-order valence-corrected chi connectivity index (χ0v) is 43.4. The lowest BCUT2D eigenvalue weighted by atomic mass is 10.1. The van der Waals surface area contributed by atoms with Crippen LogP contribution in [0.4, 0.5) is 0 Å². The lowest BCUT2D eigenvalue weighted by molar-refractivity contribution is 0.730. The molecule has 2 aliphatic rings. The Labute approximate surface area is 335 Å². The van der Waals surface area contributed by atoms with Gasteiger partial charge in [-0.05, 0) is 74.6 Å². The Hall–Kier alpha value is -0.852. The van der Waals surface area contributed by atoms with Crippen molar-refractivity contribution in [1.29, 1.82) is 0 Å². The van der Waals surface area contributed by atoms with Gasteiger partial charge < -0.3 is 0 Å². The fraction of sp³-hybridized carbons (Fsp3) is 0.545. The third kappa shape index (κ3) is 6.24. The molecule has 0 saturated heterocycles. The van der Waals surface area contributed by atoms with E-state index < -0.39 is 32.3 Å². The molecule has 0 nitrogen and oxygen atoms in total. The van der Waals surface area contributed by atoms with Crippen LogP contribution >= 0.6 is 45.3 Å². The minimum Gasteiger partial charge on any atom is -0.145 e. The van der Waals surface area contributed by atoms with Gasteiger partial charge in [0.15, 0.2) is 0 Å². The van der Waals surface area contributed by atoms with Crippen LogP contribution in [-0.2, 0) is 0 Å². The predicted molar refractivity (Wildman–Crippen MR) is 254 cm³/mol. The summed E-state index contributed by atoms with van der Waals surface area (Å²) < 4.78 is 12.5. The molecule has 0 radical (unpaired) electrons. The molecule has 0 amide bonds. The van der Waals surface area contributed by atoms with Crippen LogP contribution in [0.2, 0.25) is 72.5 Å². The monoisotopic (exact) mass is 834 g/mol. The Morgan fingerprint density at radius 3 is 0.827 bits per heavy atom. The molecule has 0 fully saturated rings. The summed E-state index contributed by atoms with van der Waals surface area (Å²) in [7, 11) is -7.06. The van der Waals surface area contributed by atoms with E-state index in [0.717, 1.165) is 0 Å².